The SMILES string of the molecule is Cc1ccc(C(=O)N2CCN(c3nc4cc(Cl)ccc4c4nnc(C)n34)CC2)cc1. The fourth-order valence-electron chi connectivity index (χ4n) is 3.92. The van der Waals surface area contributed by atoms with E-state index in [1.54, 1.807) is 0 Å². The van der Waals surface area contributed by atoms with Gasteiger partial charge in [-0.15, -0.1) is 10.2 Å². The maximum Gasteiger partial charge on any atom is 0.253 e. The number of anilines is 1. The molecule has 3 heterocycles. The van der Waals surface area contributed by atoms with Gasteiger partial charge in [-0.2, -0.15) is 0 Å². The van der Waals surface area contributed by atoms with E-state index < -0.39 is 0 Å². The van der Waals surface area contributed by atoms with Crippen LogP contribution in [0.3, 0.4) is 0 Å². The van der Waals surface area contributed by atoms with E-state index in [0.717, 1.165) is 39.4 Å². The summed E-state index contributed by atoms with van der Waals surface area (Å²) in [6.45, 7) is 6.57. The van der Waals surface area contributed by atoms with E-state index in [-0.39, 0.29) is 5.91 Å². The van der Waals surface area contributed by atoms with Crippen LogP contribution in [0.25, 0.3) is 16.6 Å². The largest absolute Gasteiger partial charge is 0.338 e. The van der Waals surface area contributed by atoms with E-state index >= 15 is 0 Å². The summed E-state index contributed by atoms with van der Waals surface area (Å²) in [6.07, 6.45) is 0. The lowest BCUT2D eigenvalue weighted by molar-refractivity contribution is 0.0746. The molecule has 0 N–H and O–H groups in total. The molecule has 8 heteroatoms. The van der Waals surface area contributed by atoms with Crippen molar-refractivity contribution in [2.24, 2.45) is 0 Å². The number of benzene rings is 2. The van der Waals surface area contributed by atoms with E-state index in [2.05, 4.69) is 15.1 Å². The lowest BCUT2D eigenvalue weighted by atomic mass is 10.1. The number of carbonyl (C=O) groups is 1. The third-order valence-corrected chi connectivity index (χ3v) is 5.83. The molecule has 2 aromatic heterocycles. The van der Waals surface area contributed by atoms with Crippen LogP contribution in [-0.4, -0.2) is 56.6 Å². The Labute approximate surface area is 178 Å². The summed E-state index contributed by atoms with van der Waals surface area (Å²) in [5.74, 6) is 1.63. The first-order chi connectivity index (χ1) is 14.5. The van der Waals surface area contributed by atoms with Crippen molar-refractivity contribution in [3.63, 3.8) is 0 Å². The van der Waals surface area contributed by atoms with Crippen LogP contribution in [0.2, 0.25) is 5.02 Å². The highest BCUT2D eigenvalue weighted by molar-refractivity contribution is 6.31. The lowest BCUT2D eigenvalue weighted by Crippen LogP contribution is -2.49. The predicted molar refractivity (Wildman–Crippen MR) is 117 cm³/mol. The van der Waals surface area contributed by atoms with E-state index in [9.17, 15) is 4.79 Å². The van der Waals surface area contributed by atoms with Gasteiger partial charge in [0.15, 0.2) is 5.65 Å². The molecule has 4 aromatic rings. The molecule has 0 saturated carbocycles. The van der Waals surface area contributed by atoms with Crippen molar-refractivity contribution in [2.45, 2.75) is 13.8 Å². The number of amides is 1. The first-order valence-corrected chi connectivity index (χ1v) is 10.3. The number of halogens is 1. The maximum absolute atomic E-state index is 12.8. The minimum absolute atomic E-state index is 0.0681. The number of nitrogens with zero attached hydrogens (tertiary/aromatic N) is 6. The molecule has 0 unspecified atom stereocenters. The topological polar surface area (TPSA) is 66.6 Å². The average Bonchev–Trinajstić information content (AvgIpc) is 3.15. The number of hydrogen-bond donors (Lipinski definition) is 0. The number of aromatic nitrogens is 4. The van der Waals surface area contributed by atoms with Crippen LogP contribution in [0.4, 0.5) is 5.95 Å². The quantitative estimate of drug-likeness (QED) is 0.496. The molecule has 0 radical (unpaired) electrons. The van der Waals surface area contributed by atoms with Crippen molar-refractivity contribution in [1.82, 2.24) is 24.5 Å². The van der Waals surface area contributed by atoms with Gasteiger partial charge < -0.3 is 9.80 Å². The predicted octanol–water partition coefficient (Wildman–Crippen LogP) is 3.51. The zero-order valence-electron chi connectivity index (χ0n) is 16.8. The van der Waals surface area contributed by atoms with Crippen LogP contribution >= 0.6 is 11.6 Å². The molecule has 1 saturated heterocycles. The normalized spacial score (nSPS) is 14.6. The second-order valence-electron chi connectivity index (χ2n) is 7.62. The fraction of sp³-hybridized carbons (Fsp3) is 0.273. The van der Waals surface area contributed by atoms with E-state index in [0.29, 0.717) is 31.2 Å². The summed E-state index contributed by atoms with van der Waals surface area (Å²) in [5.41, 5.74) is 3.43. The van der Waals surface area contributed by atoms with E-state index in [1.165, 1.54) is 0 Å². The monoisotopic (exact) mass is 420 g/mol. The summed E-state index contributed by atoms with van der Waals surface area (Å²) in [7, 11) is 0. The third kappa shape index (κ3) is 3.15. The molecule has 1 amide bonds. The summed E-state index contributed by atoms with van der Waals surface area (Å²) in [4.78, 5) is 21.8. The average molecular weight is 421 g/mol. The third-order valence-electron chi connectivity index (χ3n) is 5.59. The second kappa shape index (κ2) is 7.25. The molecular formula is C22H21ClN6O. The number of fused-ring (bicyclic) bond motifs is 3. The van der Waals surface area contributed by atoms with Crippen molar-refractivity contribution in [2.75, 3.05) is 31.1 Å². The van der Waals surface area contributed by atoms with E-state index in [1.807, 2.05) is 65.6 Å². The lowest BCUT2D eigenvalue weighted by Gasteiger charge is -2.35. The molecule has 0 spiro atoms. The molecule has 0 atom stereocenters. The smallest absolute Gasteiger partial charge is 0.253 e. The minimum atomic E-state index is 0.0681. The molecule has 5 rings (SSSR count). The molecule has 152 valence electrons. The Hall–Kier alpha value is -3.19. The Balaban J connectivity index is 1.45. The molecule has 7 nitrogen and oxygen atoms in total. The number of hydrogen-bond acceptors (Lipinski definition) is 5. The van der Waals surface area contributed by atoms with Gasteiger partial charge in [-0.3, -0.25) is 4.79 Å². The summed E-state index contributed by atoms with van der Waals surface area (Å²) in [6, 6.07) is 13.3. The Morgan fingerprint density at radius 3 is 2.43 bits per heavy atom. The zero-order chi connectivity index (χ0) is 20.8. The van der Waals surface area contributed by atoms with Crippen molar-refractivity contribution in [3.05, 3.63) is 64.4 Å². The molecule has 1 aliphatic rings. The van der Waals surface area contributed by atoms with Crippen LogP contribution in [0.1, 0.15) is 21.7 Å². The van der Waals surface area contributed by atoms with Crippen molar-refractivity contribution in [1.29, 1.82) is 0 Å². The van der Waals surface area contributed by atoms with Gasteiger partial charge in [0.1, 0.15) is 5.82 Å². The highest BCUT2D eigenvalue weighted by Gasteiger charge is 2.25. The van der Waals surface area contributed by atoms with Gasteiger partial charge >= 0.3 is 0 Å². The number of piperazine rings is 1. The van der Waals surface area contributed by atoms with Crippen LogP contribution in [0.15, 0.2) is 42.5 Å². The van der Waals surface area contributed by atoms with Crippen molar-refractivity contribution >= 4 is 40.0 Å². The van der Waals surface area contributed by atoms with Gasteiger partial charge in [0.05, 0.1) is 5.52 Å². The fourth-order valence-corrected chi connectivity index (χ4v) is 4.09. The van der Waals surface area contributed by atoms with Crippen molar-refractivity contribution in [3.8, 4) is 0 Å². The van der Waals surface area contributed by atoms with Gasteiger partial charge in [-0.25, -0.2) is 9.38 Å². The van der Waals surface area contributed by atoms with Gasteiger partial charge in [0, 0.05) is 42.2 Å². The van der Waals surface area contributed by atoms with Gasteiger partial charge in [-0.05, 0) is 44.2 Å². The van der Waals surface area contributed by atoms with Crippen LogP contribution in [-0.2, 0) is 0 Å². The summed E-state index contributed by atoms with van der Waals surface area (Å²) in [5, 5.41) is 10.2. The molecular weight excluding hydrogens is 400 g/mol. The van der Waals surface area contributed by atoms with Crippen molar-refractivity contribution < 1.29 is 4.79 Å². The summed E-state index contributed by atoms with van der Waals surface area (Å²) >= 11 is 6.19. The first kappa shape index (κ1) is 18.8. The Morgan fingerprint density at radius 1 is 0.967 bits per heavy atom. The Kier molecular flexibility index (Phi) is 4.55. The Morgan fingerprint density at radius 2 is 1.70 bits per heavy atom. The van der Waals surface area contributed by atoms with Crippen LogP contribution < -0.4 is 4.90 Å². The number of aryl methyl sites for hydroxylation is 2. The number of carbonyl (C=O) groups excluding carboxylic acids is 1. The molecule has 1 fully saturated rings. The van der Waals surface area contributed by atoms with Gasteiger partial charge in [-0.1, -0.05) is 29.3 Å². The summed E-state index contributed by atoms with van der Waals surface area (Å²) < 4.78 is 1.98. The highest BCUT2D eigenvalue weighted by atomic mass is 35.5. The zero-order valence-corrected chi connectivity index (χ0v) is 17.6. The van der Waals surface area contributed by atoms with E-state index in [4.69, 9.17) is 16.6 Å². The van der Waals surface area contributed by atoms with Gasteiger partial charge in [0.25, 0.3) is 5.91 Å². The molecule has 30 heavy (non-hydrogen) atoms. The minimum Gasteiger partial charge on any atom is -0.338 e. The first-order valence-electron chi connectivity index (χ1n) is 9.93. The molecule has 1 aliphatic heterocycles. The molecule has 2 aromatic carbocycles. The second-order valence-corrected chi connectivity index (χ2v) is 8.06. The molecule has 0 bridgehead atoms. The number of rotatable bonds is 2. The maximum atomic E-state index is 12.8. The van der Waals surface area contributed by atoms with Crippen LogP contribution in [0.5, 0.6) is 0 Å². The standard InChI is InChI=1S/C22H21ClN6O/c1-14-3-5-16(6-4-14)21(30)27-9-11-28(12-10-27)22-24-19-13-17(23)7-8-18(19)20-26-25-15(2)29(20)22/h3-8,13H,9-12H2,1-2H3. The van der Waals surface area contributed by atoms with Gasteiger partial charge in [0.2, 0.25) is 5.95 Å². The molecule has 0 aliphatic carbocycles. The Bertz CT molecular complexity index is 1260. The van der Waals surface area contributed by atoms with Crippen LogP contribution in [0, 0.1) is 13.8 Å². The highest BCUT2D eigenvalue weighted by Crippen LogP contribution is 2.27.